The third kappa shape index (κ3) is 6.24. The number of halogens is 1. The van der Waals surface area contributed by atoms with Gasteiger partial charge in [-0.3, -0.25) is 4.79 Å². The van der Waals surface area contributed by atoms with Gasteiger partial charge in [0.2, 0.25) is 10.0 Å². The van der Waals surface area contributed by atoms with E-state index in [1.807, 2.05) is 0 Å². The zero-order chi connectivity index (χ0) is 23.1. The molecule has 1 aliphatic heterocycles. The number of sulfonamides is 1. The molecule has 1 heterocycles. The molecule has 2 aromatic rings. The number of ether oxygens (including phenoxy) is 1. The van der Waals surface area contributed by atoms with Crippen LogP contribution in [-0.4, -0.2) is 51.7 Å². The van der Waals surface area contributed by atoms with E-state index in [4.69, 9.17) is 4.74 Å². The Kier molecular flexibility index (Phi) is 8.56. The van der Waals surface area contributed by atoms with Crippen molar-refractivity contribution in [2.75, 3.05) is 32.5 Å². The minimum absolute atomic E-state index is 0.0196. The Morgan fingerprint density at radius 3 is 2.62 bits per heavy atom. The van der Waals surface area contributed by atoms with Crippen molar-refractivity contribution in [1.82, 2.24) is 9.62 Å². The number of thioether (sulfide) groups is 1. The molecule has 0 aliphatic carbocycles. The molecule has 9 heteroatoms. The molecule has 6 nitrogen and oxygen atoms in total. The lowest BCUT2D eigenvalue weighted by molar-refractivity contribution is 0.0693. The highest BCUT2D eigenvalue weighted by atomic mass is 32.2. The van der Waals surface area contributed by atoms with Gasteiger partial charge in [-0.05, 0) is 48.6 Å². The molecule has 0 radical (unpaired) electrons. The van der Waals surface area contributed by atoms with E-state index >= 15 is 0 Å². The maximum Gasteiger partial charge on any atom is 0.257 e. The standard InChI is InChI=1S/C23H29FN2O4S2/c1-17-9-12-26(13-10-17)23(27)20-15-19(7-8-22(20)30-2)32(28,29)25-11-14-31-16-18-5-3-4-6-21(18)24/h3-8,15,17,25H,9-14,16H2,1-2H3. The Morgan fingerprint density at radius 2 is 1.94 bits per heavy atom. The molecule has 0 atom stereocenters. The fourth-order valence-electron chi connectivity index (χ4n) is 3.53. The number of carbonyl (C=O) groups is 1. The van der Waals surface area contributed by atoms with Gasteiger partial charge in [-0.2, -0.15) is 11.8 Å². The van der Waals surface area contributed by atoms with Gasteiger partial charge in [-0.1, -0.05) is 25.1 Å². The first-order chi connectivity index (χ1) is 15.3. The Hall–Kier alpha value is -2.10. The minimum atomic E-state index is -3.80. The van der Waals surface area contributed by atoms with Gasteiger partial charge < -0.3 is 9.64 Å². The quantitative estimate of drug-likeness (QED) is 0.551. The van der Waals surface area contributed by atoms with E-state index < -0.39 is 10.0 Å². The predicted octanol–water partition coefficient (Wildman–Crippen LogP) is 3.92. The number of hydrogen-bond acceptors (Lipinski definition) is 5. The number of hydrogen-bond donors (Lipinski definition) is 1. The number of rotatable bonds is 9. The number of likely N-dealkylation sites (tertiary alicyclic amines) is 1. The molecule has 1 amide bonds. The average Bonchev–Trinajstić information content (AvgIpc) is 2.79. The summed E-state index contributed by atoms with van der Waals surface area (Å²) in [4.78, 5) is 14.8. The van der Waals surface area contributed by atoms with Crippen molar-refractivity contribution in [2.45, 2.75) is 30.4 Å². The van der Waals surface area contributed by atoms with Gasteiger partial charge in [0.25, 0.3) is 5.91 Å². The van der Waals surface area contributed by atoms with Crippen molar-refractivity contribution in [2.24, 2.45) is 5.92 Å². The molecule has 0 saturated carbocycles. The van der Waals surface area contributed by atoms with E-state index in [9.17, 15) is 17.6 Å². The van der Waals surface area contributed by atoms with Crippen LogP contribution in [0.4, 0.5) is 4.39 Å². The Labute approximate surface area is 193 Å². The molecule has 32 heavy (non-hydrogen) atoms. The molecule has 2 aromatic carbocycles. The molecule has 1 saturated heterocycles. The Bertz CT molecular complexity index is 1040. The number of piperidine rings is 1. The van der Waals surface area contributed by atoms with E-state index in [1.165, 1.54) is 43.1 Å². The molecule has 1 aliphatic rings. The van der Waals surface area contributed by atoms with Crippen LogP contribution in [0.3, 0.4) is 0 Å². The van der Waals surface area contributed by atoms with Gasteiger partial charge in [0, 0.05) is 31.1 Å². The molecule has 0 bridgehead atoms. The normalized spacial score (nSPS) is 15.0. The number of methoxy groups -OCH3 is 1. The molecule has 0 aromatic heterocycles. The van der Waals surface area contributed by atoms with Gasteiger partial charge in [-0.15, -0.1) is 0 Å². The summed E-state index contributed by atoms with van der Waals surface area (Å²) in [5, 5.41) is 0. The summed E-state index contributed by atoms with van der Waals surface area (Å²) >= 11 is 1.44. The maximum absolute atomic E-state index is 13.7. The number of amides is 1. The molecular weight excluding hydrogens is 451 g/mol. The summed E-state index contributed by atoms with van der Waals surface area (Å²) < 4.78 is 47.1. The van der Waals surface area contributed by atoms with E-state index in [0.29, 0.717) is 41.8 Å². The van der Waals surface area contributed by atoms with Crippen molar-refractivity contribution >= 4 is 27.7 Å². The SMILES string of the molecule is COc1ccc(S(=O)(=O)NCCSCc2ccccc2F)cc1C(=O)N1CCC(C)CC1. The summed E-state index contributed by atoms with van der Waals surface area (Å²) in [5.41, 5.74) is 0.838. The largest absolute Gasteiger partial charge is 0.496 e. The van der Waals surface area contributed by atoms with Gasteiger partial charge in [0.05, 0.1) is 17.6 Å². The lowest BCUT2D eigenvalue weighted by Gasteiger charge is -2.30. The van der Waals surface area contributed by atoms with Gasteiger partial charge in [0.15, 0.2) is 0 Å². The zero-order valence-corrected chi connectivity index (χ0v) is 20.0. The summed E-state index contributed by atoms with van der Waals surface area (Å²) in [6.07, 6.45) is 1.86. The van der Waals surface area contributed by atoms with E-state index in [0.717, 1.165) is 12.8 Å². The first-order valence-electron chi connectivity index (χ1n) is 10.6. The van der Waals surface area contributed by atoms with Gasteiger partial charge in [-0.25, -0.2) is 17.5 Å². The lowest BCUT2D eigenvalue weighted by atomic mass is 9.98. The second-order valence-electron chi connectivity index (χ2n) is 7.88. The van der Waals surface area contributed by atoms with E-state index in [2.05, 4.69) is 11.6 Å². The van der Waals surface area contributed by atoms with Crippen LogP contribution in [0.1, 0.15) is 35.7 Å². The summed E-state index contributed by atoms with van der Waals surface area (Å²) in [7, 11) is -2.34. The Balaban J connectivity index is 1.62. The second-order valence-corrected chi connectivity index (χ2v) is 10.8. The molecular formula is C23H29FN2O4S2. The van der Waals surface area contributed by atoms with Crippen LogP contribution in [0, 0.1) is 11.7 Å². The number of carbonyl (C=O) groups excluding carboxylic acids is 1. The van der Waals surface area contributed by atoms with Crippen LogP contribution >= 0.6 is 11.8 Å². The highest BCUT2D eigenvalue weighted by Gasteiger charge is 2.26. The van der Waals surface area contributed by atoms with Crippen molar-refractivity contribution in [3.8, 4) is 5.75 Å². The molecule has 1 N–H and O–H groups in total. The monoisotopic (exact) mass is 480 g/mol. The highest BCUT2D eigenvalue weighted by Crippen LogP contribution is 2.26. The van der Waals surface area contributed by atoms with Crippen LogP contribution in [0.15, 0.2) is 47.4 Å². The molecule has 3 rings (SSSR count). The fourth-order valence-corrected chi connectivity index (χ4v) is 5.56. The molecule has 0 spiro atoms. The predicted molar refractivity (Wildman–Crippen MR) is 125 cm³/mol. The summed E-state index contributed by atoms with van der Waals surface area (Å²) in [6, 6.07) is 10.9. The summed E-state index contributed by atoms with van der Waals surface area (Å²) in [6.45, 7) is 3.66. The van der Waals surface area contributed by atoms with Crippen molar-refractivity contribution in [3.05, 3.63) is 59.4 Å². The van der Waals surface area contributed by atoms with E-state index in [-0.39, 0.29) is 28.7 Å². The van der Waals surface area contributed by atoms with Crippen LogP contribution < -0.4 is 9.46 Å². The number of nitrogens with zero attached hydrogens (tertiary/aromatic N) is 1. The van der Waals surface area contributed by atoms with Gasteiger partial charge >= 0.3 is 0 Å². The first-order valence-corrected chi connectivity index (χ1v) is 13.2. The van der Waals surface area contributed by atoms with E-state index in [1.54, 1.807) is 23.1 Å². The van der Waals surface area contributed by atoms with Crippen molar-refractivity contribution < 1.29 is 22.3 Å². The highest BCUT2D eigenvalue weighted by molar-refractivity contribution is 7.98. The van der Waals surface area contributed by atoms with Crippen LogP contribution in [0.5, 0.6) is 5.75 Å². The molecule has 0 unspecified atom stereocenters. The van der Waals surface area contributed by atoms with Gasteiger partial charge in [0.1, 0.15) is 11.6 Å². The first kappa shape index (κ1) is 24.5. The second kappa shape index (κ2) is 11.2. The molecule has 174 valence electrons. The van der Waals surface area contributed by atoms with Crippen LogP contribution in [0.25, 0.3) is 0 Å². The van der Waals surface area contributed by atoms with Crippen LogP contribution in [0.2, 0.25) is 0 Å². The number of nitrogens with one attached hydrogen (secondary N) is 1. The summed E-state index contributed by atoms with van der Waals surface area (Å²) in [5.74, 6) is 1.40. The zero-order valence-electron chi connectivity index (χ0n) is 18.3. The van der Waals surface area contributed by atoms with Crippen LogP contribution in [-0.2, 0) is 15.8 Å². The third-order valence-electron chi connectivity index (χ3n) is 5.54. The minimum Gasteiger partial charge on any atom is -0.496 e. The number of benzene rings is 2. The fraction of sp³-hybridized carbons (Fsp3) is 0.435. The van der Waals surface area contributed by atoms with Crippen molar-refractivity contribution in [1.29, 1.82) is 0 Å². The lowest BCUT2D eigenvalue weighted by Crippen LogP contribution is -2.38. The average molecular weight is 481 g/mol. The smallest absolute Gasteiger partial charge is 0.257 e. The third-order valence-corrected chi connectivity index (χ3v) is 8.00. The maximum atomic E-state index is 13.7. The topological polar surface area (TPSA) is 75.7 Å². The van der Waals surface area contributed by atoms with Crippen molar-refractivity contribution in [3.63, 3.8) is 0 Å². The Morgan fingerprint density at radius 1 is 1.22 bits per heavy atom. The molecule has 1 fully saturated rings.